The van der Waals surface area contributed by atoms with E-state index >= 15 is 0 Å². The molecule has 14 heavy (non-hydrogen) atoms. The molecule has 1 aromatic carbocycles. The van der Waals surface area contributed by atoms with Gasteiger partial charge in [0.1, 0.15) is 5.75 Å². The van der Waals surface area contributed by atoms with E-state index in [-0.39, 0.29) is 0 Å². The zero-order chi connectivity index (χ0) is 9.97. The molecule has 1 N–H and O–H groups in total. The van der Waals surface area contributed by atoms with Crippen molar-refractivity contribution >= 4 is 0 Å². The topological polar surface area (TPSA) is 21.3 Å². The van der Waals surface area contributed by atoms with Gasteiger partial charge in [-0.3, -0.25) is 0 Å². The molecular weight excluding hydrogens is 174 g/mol. The first-order valence-corrected chi connectivity index (χ1v) is 5.15. The van der Waals surface area contributed by atoms with Gasteiger partial charge in [0.05, 0.1) is 7.11 Å². The summed E-state index contributed by atoms with van der Waals surface area (Å²) in [6, 6.07) is 9.03. The number of hydrogen-bond acceptors (Lipinski definition) is 2. The minimum atomic E-state index is 0.684. The second-order valence-corrected chi connectivity index (χ2v) is 3.90. The van der Waals surface area contributed by atoms with Crippen LogP contribution in [0.3, 0.4) is 0 Å². The van der Waals surface area contributed by atoms with Gasteiger partial charge in [-0.15, -0.1) is 0 Å². The van der Waals surface area contributed by atoms with Crippen LogP contribution in [0.4, 0.5) is 0 Å². The summed E-state index contributed by atoms with van der Waals surface area (Å²) in [5, 5.41) is 3.30. The third-order valence-electron chi connectivity index (χ3n) is 3.13. The fourth-order valence-electron chi connectivity index (χ4n) is 2.11. The third-order valence-corrected chi connectivity index (χ3v) is 3.13. The Balaban J connectivity index is 2.10. The van der Waals surface area contributed by atoms with Gasteiger partial charge in [-0.1, -0.05) is 18.2 Å². The molecule has 0 bridgehead atoms. The molecule has 1 aliphatic carbocycles. The molecule has 76 valence electrons. The van der Waals surface area contributed by atoms with Crippen LogP contribution < -0.4 is 10.1 Å². The Morgan fingerprint density at radius 1 is 1.29 bits per heavy atom. The summed E-state index contributed by atoms with van der Waals surface area (Å²) in [6.45, 7) is 0. The van der Waals surface area contributed by atoms with Crippen LogP contribution in [-0.2, 0) is 0 Å². The number of methoxy groups -OCH3 is 1. The maximum absolute atomic E-state index is 5.35. The number of para-hydroxylation sites is 1. The quantitative estimate of drug-likeness (QED) is 0.790. The van der Waals surface area contributed by atoms with Crippen LogP contribution in [0.15, 0.2) is 24.3 Å². The van der Waals surface area contributed by atoms with Crippen LogP contribution in [0.2, 0.25) is 0 Å². The molecule has 0 radical (unpaired) electrons. The highest BCUT2D eigenvalue weighted by Gasteiger charge is 2.30. The fraction of sp³-hybridized carbons (Fsp3) is 0.500. The molecule has 0 unspecified atom stereocenters. The van der Waals surface area contributed by atoms with Crippen molar-refractivity contribution in [2.75, 3.05) is 14.2 Å². The first-order chi connectivity index (χ1) is 6.85. The van der Waals surface area contributed by atoms with Gasteiger partial charge in [0, 0.05) is 6.04 Å². The van der Waals surface area contributed by atoms with Gasteiger partial charge in [0.15, 0.2) is 0 Å². The molecule has 1 fully saturated rings. The van der Waals surface area contributed by atoms with Gasteiger partial charge in [-0.25, -0.2) is 0 Å². The number of benzene rings is 1. The van der Waals surface area contributed by atoms with Crippen LogP contribution in [0.1, 0.15) is 24.3 Å². The van der Waals surface area contributed by atoms with Crippen LogP contribution in [0.25, 0.3) is 0 Å². The lowest BCUT2D eigenvalue weighted by Gasteiger charge is -2.36. The zero-order valence-electron chi connectivity index (χ0n) is 8.79. The van der Waals surface area contributed by atoms with E-state index in [1.165, 1.54) is 18.4 Å². The van der Waals surface area contributed by atoms with Gasteiger partial charge in [0.25, 0.3) is 0 Å². The number of nitrogens with one attached hydrogen (secondary N) is 1. The van der Waals surface area contributed by atoms with E-state index < -0.39 is 0 Å². The lowest BCUT2D eigenvalue weighted by atomic mass is 9.75. The summed E-state index contributed by atoms with van der Waals surface area (Å²) < 4.78 is 5.35. The van der Waals surface area contributed by atoms with Crippen molar-refractivity contribution in [1.29, 1.82) is 0 Å². The molecule has 2 rings (SSSR count). The number of ether oxygens (including phenoxy) is 1. The summed E-state index contributed by atoms with van der Waals surface area (Å²) in [5.41, 5.74) is 1.36. The van der Waals surface area contributed by atoms with Crippen LogP contribution in [0.5, 0.6) is 5.75 Å². The van der Waals surface area contributed by atoms with Crippen molar-refractivity contribution in [2.45, 2.75) is 24.8 Å². The Bertz CT molecular complexity index is 305. The lowest BCUT2D eigenvalue weighted by molar-refractivity contribution is 0.297. The zero-order valence-corrected chi connectivity index (χ0v) is 8.79. The van der Waals surface area contributed by atoms with E-state index in [4.69, 9.17) is 4.74 Å². The standard InChI is InChI=1S/C12H17NO/c1-13-10-7-9(8-10)11-5-3-4-6-12(11)14-2/h3-6,9-10,13H,7-8H2,1-2H3. The van der Waals surface area contributed by atoms with Crippen LogP contribution >= 0.6 is 0 Å². The average molecular weight is 191 g/mol. The highest BCUT2D eigenvalue weighted by atomic mass is 16.5. The van der Waals surface area contributed by atoms with E-state index in [1.54, 1.807) is 7.11 Å². The average Bonchev–Trinajstić information content (AvgIpc) is 2.17. The molecule has 0 saturated heterocycles. The largest absolute Gasteiger partial charge is 0.496 e. The number of hydrogen-bond donors (Lipinski definition) is 1. The highest BCUT2D eigenvalue weighted by Crippen LogP contribution is 2.40. The summed E-state index contributed by atoms with van der Waals surface area (Å²) >= 11 is 0. The maximum atomic E-state index is 5.35. The second-order valence-electron chi connectivity index (χ2n) is 3.90. The summed E-state index contributed by atoms with van der Waals surface area (Å²) in [5.74, 6) is 1.72. The van der Waals surface area contributed by atoms with E-state index in [0.717, 1.165) is 5.75 Å². The smallest absolute Gasteiger partial charge is 0.122 e. The molecule has 0 aromatic heterocycles. The van der Waals surface area contributed by atoms with Gasteiger partial charge < -0.3 is 10.1 Å². The molecule has 0 amide bonds. The Kier molecular flexibility index (Phi) is 2.73. The van der Waals surface area contributed by atoms with E-state index in [1.807, 2.05) is 19.2 Å². The first kappa shape index (κ1) is 9.53. The monoisotopic (exact) mass is 191 g/mol. The molecule has 0 heterocycles. The lowest BCUT2D eigenvalue weighted by Crippen LogP contribution is -2.37. The Labute approximate surface area is 85.3 Å². The normalized spacial score (nSPS) is 25.6. The maximum Gasteiger partial charge on any atom is 0.122 e. The molecular formula is C12H17NO. The van der Waals surface area contributed by atoms with Crippen molar-refractivity contribution in [2.24, 2.45) is 0 Å². The molecule has 1 aromatic rings. The van der Waals surface area contributed by atoms with Crippen molar-refractivity contribution in [1.82, 2.24) is 5.32 Å². The second kappa shape index (κ2) is 4.01. The van der Waals surface area contributed by atoms with Gasteiger partial charge >= 0.3 is 0 Å². The molecule has 0 atom stereocenters. The van der Waals surface area contributed by atoms with Crippen molar-refractivity contribution < 1.29 is 4.74 Å². The minimum absolute atomic E-state index is 0.684. The SMILES string of the molecule is CNC1CC(c2ccccc2OC)C1. The third kappa shape index (κ3) is 1.62. The fourth-order valence-corrected chi connectivity index (χ4v) is 2.11. The van der Waals surface area contributed by atoms with Gasteiger partial charge in [-0.05, 0) is 37.4 Å². The van der Waals surface area contributed by atoms with Gasteiger partial charge in [0.2, 0.25) is 0 Å². The predicted octanol–water partition coefficient (Wildman–Crippen LogP) is 2.16. The Hall–Kier alpha value is -1.02. The van der Waals surface area contributed by atoms with Crippen molar-refractivity contribution in [3.8, 4) is 5.75 Å². The molecule has 0 aliphatic heterocycles. The minimum Gasteiger partial charge on any atom is -0.496 e. The van der Waals surface area contributed by atoms with Crippen molar-refractivity contribution in [3.63, 3.8) is 0 Å². The van der Waals surface area contributed by atoms with Crippen LogP contribution in [-0.4, -0.2) is 20.2 Å². The molecule has 2 heteroatoms. The van der Waals surface area contributed by atoms with Crippen LogP contribution in [0, 0.1) is 0 Å². The first-order valence-electron chi connectivity index (χ1n) is 5.15. The Morgan fingerprint density at radius 3 is 2.64 bits per heavy atom. The Morgan fingerprint density at radius 2 is 2.00 bits per heavy atom. The molecule has 0 spiro atoms. The van der Waals surface area contributed by atoms with Crippen molar-refractivity contribution in [3.05, 3.63) is 29.8 Å². The predicted molar refractivity (Wildman–Crippen MR) is 57.8 cm³/mol. The molecule has 1 aliphatic rings. The van der Waals surface area contributed by atoms with Gasteiger partial charge in [-0.2, -0.15) is 0 Å². The van der Waals surface area contributed by atoms with E-state index in [9.17, 15) is 0 Å². The highest BCUT2D eigenvalue weighted by molar-refractivity contribution is 5.37. The van der Waals surface area contributed by atoms with E-state index in [2.05, 4.69) is 17.4 Å². The molecule has 1 saturated carbocycles. The van der Waals surface area contributed by atoms with E-state index in [0.29, 0.717) is 12.0 Å². The summed E-state index contributed by atoms with van der Waals surface area (Å²) in [4.78, 5) is 0. The number of rotatable bonds is 3. The summed E-state index contributed by atoms with van der Waals surface area (Å²) in [6.07, 6.45) is 2.47. The molecule has 2 nitrogen and oxygen atoms in total. The summed E-state index contributed by atoms with van der Waals surface area (Å²) in [7, 11) is 3.77.